The number of aryl methyl sites for hydroxylation is 2. The van der Waals surface area contributed by atoms with E-state index in [0.29, 0.717) is 40.8 Å². The van der Waals surface area contributed by atoms with Crippen LogP contribution in [0.25, 0.3) is 5.76 Å². The van der Waals surface area contributed by atoms with E-state index in [1.165, 1.54) is 11.1 Å². The van der Waals surface area contributed by atoms with E-state index >= 15 is 0 Å². The number of ketones is 1. The molecule has 8 heteroatoms. The molecule has 1 aromatic carbocycles. The normalized spacial score (nSPS) is 18.7. The number of halogens is 1. The van der Waals surface area contributed by atoms with Crippen molar-refractivity contribution < 1.29 is 14.7 Å². The number of aliphatic hydroxyl groups is 1. The first-order chi connectivity index (χ1) is 13.7. The van der Waals surface area contributed by atoms with Crippen LogP contribution in [0.3, 0.4) is 0 Å². The number of amides is 1. The van der Waals surface area contributed by atoms with E-state index in [2.05, 4.69) is 9.97 Å². The van der Waals surface area contributed by atoms with Crippen LogP contribution in [0.1, 0.15) is 28.7 Å². The van der Waals surface area contributed by atoms with Crippen molar-refractivity contribution in [3.05, 3.63) is 63.7 Å². The number of likely N-dealkylation sites (tertiary alicyclic amines) is 1. The van der Waals surface area contributed by atoms with Crippen LogP contribution in [0.2, 0.25) is 5.02 Å². The third-order valence-electron chi connectivity index (χ3n) is 4.87. The van der Waals surface area contributed by atoms with Gasteiger partial charge in [0.05, 0.1) is 22.9 Å². The largest absolute Gasteiger partial charge is 0.507 e. The predicted octanol–water partition coefficient (Wildman–Crippen LogP) is 2.73. The Labute approximate surface area is 174 Å². The molecule has 1 fully saturated rings. The van der Waals surface area contributed by atoms with Crippen molar-refractivity contribution in [2.24, 2.45) is 0 Å². The molecular weight excluding hydrogens is 392 g/mol. The fourth-order valence-electron chi connectivity index (χ4n) is 3.37. The van der Waals surface area contributed by atoms with Crippen molar-refractivity contribution in [2.75, 3.05) is 27.2 Å². The van der Waals surface area contributed by atoms with Gasteiger partial charge < -0.3 is 14.9 Å². The summed E-state index contributed by atoms with van der Waals surface area (Å²) in [6, 6.07) is 6.19. The lowest BCUT2D eigenvalue weighted by Gasteiger charge is -2.26. The fourth-order valence-corrected chi connectivity index (χ4v) is 3.50. The molecule has 3 rings (SSSR count). The number of hydrogen-bond acceptors (Lipinski definition) is 6. The Morgan fingerprint density at radius 2 is 1.86 bits per heavy atom. The van der Waals surface area contributed by atoms with Crippen LogP contribution in [-0.4, -0.2) is 63.7 Å². The predicted molar refractivity (Wildman–Crippen MR) is 111 cm³/mol. The number of aromatic nitrogens is 2. The standard InChI is InChI=1S/C21H23ClN4O3/c1-12-16(11-23-13(2)24-12)19(27)17-18(14-5-7-15(22)8-6-14)26(10-9-25(3)4)21(29)20(17)28/h5-8,11,18,27H,9-10H2,1-4H3/t18-/m1/s1. The van der Waals surface area contributed by atoms with E-state index in [9.17, 15) is 14.7 Å². The second-order valence-corrected chi connectivity index (χ2v) is 7.70. The summed E-state index contributed by atoms with van der Waals surface area (Å²) >= 11 is 6.01. The topological polar surface area (TPSA) is 86.6 Å². The molecule has 0 saturated carbocycles. The van der Waals surface area contributed by atoms with E-state index in [1.807, 2.05) is 19.0 Å². The van der Waals surface area contributed by atoms with Crippen LogP contribution in [0.4, 0.5) is 0 Å². The van der Waals surface area contributed by atoms with E-state index < -0.39 is 17.7 Å². The monoisotopic (exact) mass is 414 g/mol. The van der Waals surface area contributed by atoms with Gasteiger partial charge in [-0.2, -0.15) is 0 Å². The summed E-state index contributed by atoms with van der Waals surface area (Å²) in [4.78, 5) is 37.5. The number of Topliss-reactive ketones (excluding diaryl/α,β-unsaturated/α-hetero) is 1. The van der Waals surface area contributed by atoms with E-state index in [4.69, 9.17) is 11.6 Å². The molecular formula is C21H23ClN4O3. The van der Waals surface area contributed by atoms with Crippen LogP contribution in [0.5, 0.6) is 0 Å². The van der Waals surface area contributed by atoms with Crippen LogP contribution in [0.15, 0.2) is 36.0 Å². The SMILES string of the molecule is Cc1ncc(C(O)=C2C(=O)C(=O)N(CCN(C)C)[C@@H]2c2ccc(Cl)cc2)c(C)n1. The molecule has 1 N–H and O–H groups in total. The van der Waals surface area contributed by atoms with Gasteiger partial charge in [-0.15, -0.1) is 0 Å². The van der Waals surface area contributed by atoms with Gasteiger partial charge in [-0.25, -0.2) is 9.97 Å². The number of benzene rings is 1. The van der Waals surface area contributed by atoms with Gasteiger partial charge in [0.15, 0.2) is 0 Å². The molecule has 7 nitrogen and oxygen atoms in total. The van der Waals surface area contributed by atoms with Crippen molar-refractivity contribution in [3.63, 3.8) is 0 Å². The summed E-state index contributed by atoms with van der Waals surface area (Å²) < 4.78 is 0. The molecule has 1 aromatic heterocycles. The maximum atomic E-state index is 12.9. The zero-order valence-corrected chi connectivity index (χ0v) is 17.6. The van der Waals surface area contributed by atoms with Gasteiger partial charge in [0.1, 0.15) is 11.6 Å². The lowest BCUT2D eigenvalue weighted by atomic mass is 9.95. The molecule has 1 saturated heterocycles. The van der Waals surface area contributed by atoms with Crippen molar-refractivity contribution in [3.8, 4) is 0 Å². The minimum absolute atomic E-state index is 0.0339. The van der Waals surface area contributed by atoms with Crippen LogP contribution < -0.4 is 0 Å². The first-order valence-electron chi connectivity index (χ1n) is 9.20. The molecule has 0 unspecified atom stereocenters. The summed E-state index contributed by atoms with van der Waals surface area (Å²) in [6.45, 7) is 4.38. The Hall–Kier alpha value is -2.77. The van der Waals surface area contributed by atoms with Gasteiger partial charge >= 0.3 is 0 Å². The summed E-state index contributed by atoms with van der Waals surface area (Å²) in [5.41, 5.74) is 1.59. The highest BCUT2D eigenvalue weighted by Gasteiger charge is 2.46. The summed E-state index contributed by atoms with van der Waals surface area (Å²) in [7, 11) is 3.78. The van der Waals surface area contributed by atoms with Crippen molar-refractivity contribution >= 4 is 29.1 Å². The summed E-state index contributed by atoms with van der Waals surface area (Å²) in [5.74, 6) is -1.08. The Morgan fingerprint density at radius 1 is 1.21 bits per heavy atom. The minimum Gasteiger partial charge on any atom is -0.507 e. The van der Waals surface area contributed by atoms with Crippen LogP contribution >= 0.6 is 11.6 Å². The molecule has 1 amide bonds. The quantitative estimate of drug-likeness (QED) is 0.460. The maximum absolute atomic E-state index is 12.9. The third kappa shape index (κ3) is 4.16. The molecule has 1 atom stereocenters. The Morgan fingerprint density at radius 3 is 2.45 bits per heavy atom. The fraction of sp³-hybridized carbons (Fsp3) is 0.333. The second kappa shape index (κ2) is 8.31. The first kappa shape index (κ1) is 21.0. The molecule has 0 radical (unpaired) electrons. The molecule has 0 aliphatic carbocycles. The summed E-state index contributed by atoms with van der Waals surface area (Å²) in [6.07, 6.45) is 1.47. The minimum atomic E-state index is -0.721. The van der Waals surface area contributed by atoms with Gasteiger partial charge in [-0.05, 0) is 45.6 Å². The van der Waals surface area contributed by atoms with Gasteiger partial charge in [-0.3, -0.25) is 9.59 Å². The third-order valence-corrected chi connectivity index (χ3v) is 5.12. The smallest absolute Gasteiger partial charge is 0.295 e. The van der Waals surface area contributed by atoms with Crippen LogP contribution in [-0.2, 0) is 9.59 Å². The van der Waals surface area contributed by atoms with E-state index in [0.717, 1.165) is 0 Å². The van der Waals surface area contributed by atoms with Crippen molar-refractivity contribution in [1.29, 1.82) is 0 Å². The number of hydrogen-bond donors (Lipinski definition) is 1. The zero-order chi connectivity index (χ0) is 21.3. The average Bonchev–Trinajstić information content (AvgIpc) is 2.91. The van der Waals surface area contributed by atoms with Crippen molar-refractivity contribution in [2.45, 2.75) is 19.9 Å². The average molecular weight is 415 g/mol. The Bertz CT molecular complexity index is 986. The lowest BCUT2D eigenvalue weighted by molar-refractivity contribution is -0.140. The van der Waals surface area contributed by atoms with Crippen LogP contribution in [0, 0.1) is 13.8 Å². The highest BCUT2D eigenvalue weighted by atomic mass is 35.5. The molecule has 2 heterocycles. The molecule has 0 bridgehead atoms. The molecule has 1 aliphatic rings. The molecule has 152 valence electrons. The number of carbonyl (C=O) groups is 2. The van der Waals surface area contributed by atoms with Crippen molar-refractivity contribution in [1.82, 2.24) is 19.8 Å². The maximum Gasteiger partial charge on any atom is 0.295 e. The van der Waals surface area contributed by atoms with Gasteiger partial charge in [0.2, 0.25) is 0 Å². The summed E-state index contributed by atoms with van der Waals surface area (Å²) in [5, 5.41) is 11.6. The highest BCUT2D eigenvalue weighted by Crippen LogP contribution is 2.39. The Kier molecular flexibility index (Phi) is 6.00. The molecule has 1 aliphatic heterocycles. The molecule has 29 heavy (non-hydrogen) atoms. The highest BCUT2D eigenvalue weighted by molar-refractivity contribution is 6.46. The van der Waals surface area contributed by atoms with Gasteiger partial charge in [-0.1, -0.05) is 23.7 Å². The molecule has 0 spiro atoms. The first-order valence-corrected chi connectivity index (χ1v) is 9.57. The number of rotatable bonds is 5. The van der Waals surface area contributed by atoms with Gasteiger partial charge in [0.25, 0.3) is 11.7 Å². The second-order valence-electron chi connectivity index (χ2n) is 7.26. The lowest BCUT2D eigenvalue weighted by Crippen LogP contribution is -2.35. The number of likely N-dealkylation sites (N-methyl/N-ethyl adjacent to an activating group) is 1. The van der Waals surface area contributed by atoms with E-state index in [1.54, 1.807) is 38.1 Å². The zero-order valence-electron chi connectivity index (χ0n) is 16.8. The molecule has 2 aromatic rings. The number of aliphatic hydroxyl groups excluding tert-OH is 1. The number of nitrogens with zero attached hydrogens (tertiary/aromatic N) is 4. The number of carbonyl (C=O) groups excluding carboxylic acids is 2. The Balaban J connectivity index is 2.17. The van der Waals surface area contributed by atoms with Gasteiger partial charge in [0, 0.05) is 24.3 Å². The van der Waals surface area contributed by atoms with E-state index in [-0.39, 0.29) is 11.3 Å².